The highest BCUT2D eigenvalue weighted by atomic mass is 127. The fraction of sp³-hybridized carbons (Fsp3) is 0.185. The van der Waals surface area contributed by atoms with Crippen molar-refractivity contribution >= 4 is 51.7 Å². The normalized spacial score (nSPS) is 12.2. The van der Waals surface area contributed by atoms with Crippen molar-refractivity contribution in [1.82, 2.24) is 0 Å². The van der Waals surface area contributed by atoms with E-state index in [0.29, 0.717) is 22.6 Å². The molecule has 0 heterocycles. The zero-order chi connectivity index (χ0) is 25.6. The summed E-state index contributed by atoms with van der Waals surface area (Å²) in [5.74, 6) is -0.396. The number of amides is 2. The summed E-state index contributed by atoms with van der Waals surface area (Å²) in [4.78, 5) is 25.4. The molecule has 0 aliphatic heterocycles. The summed E-state index contributed by atoms with van der Waals surface area (Å²) < 4.78 is 6.69. The van der Waals surface area contributed by atoms with Gasteiger partial charge >= 0.3 is 6.09 Å². The van der Waals surface area contributed by atoms with Crippen LogP contribution in [-0.4, -0.2) is 17.1 Å². The number of phenolic OH excluding ortho intramolecular Hbond substituents is 1. The molecule has 7 nitrogen and oxygen atoms in total. The topological polar surface area (TPSA) is 114 Å². The maximum atomic E-state index is 12.8. The van der Waals surface area contributed by atoms with Gasteiger partial charge in [-0.05, 0) is 78.1 Å². The van der Waals surface area contributed by atoms with E-state index >= 15 is 0 Å². The molecule has 8 heteroatoms. The van der Waals surface area contributed by atoms with Crippen LogP contribution in [0.15, 0.2) is 78.9 Å². The molecule has 0 radical (unpaired) electrons. The number of phenols is 1. The van der Waals surface area contributed by atoms with Gasteiger partial charge in [-0.3, -0.25) is 10.1 Å². The number of nitrogens with one attached hydrogen (secondary N) is 2. The van der Waals surface area contributed by atoms with Crippen LogP contribution in [0, 0.1) is 15.9 Å². The van der Waals surface area contributed by atoms with Crippen molar-refractivity contribution in [2.75, 3.05) is 16.4 Å². The van der Waals surface area contributed by atoms with Gasteiger partial charge in [0, 0.05) is 20.2 Å². The number of nitrogen functional groups attached to an aromatic ring is 1. The second-order valence-electron chi connectivity index (χ2n) is 8.71. The maximum Gasteiger partial charge on any atom is 0.412 e. The predicted molar refractivity (Wildman–Crippen MR) is 147 cm³/mol. The maximum absolute atomic E-state index is 12.8. The number of nitrogens with two attached hydrogens (primary N) is 1. The highest BCUT2D eigenvalue weighted by molar-refractivity contribution is 14.1. The number of carbonyl (C=O) groups excluding carboxylic acids is 2. The van der Waals surface area contributed by atoms with Gasteiger partial charge in [0.25, 0.3) is 0 Å². The number of aromatic hydroxyl groups is 1. The van der Waals surface area contributed by atoms with E-state index in [1.165, 1.54) is 6.08 Å². The van der Waals surface area contributed by atoms with E-state index in [0.717, 1.165) is 9.13 Å². The number of hydrogen-bond acceptors (Lipinski definition) is 5. The fourth-order valence-electron chi connectivity index (χ4n) is 3.41. The van der Waals surface area contributed by atoms with Crippen molar-refractivity contribution in [2.45, 2.75) is 26.9 Å². The summed E-state index contributed by atoms with van der Waals surface area (Å²) in [5, 5.41) is 16.0. The molecule has 182 valence electrons. The van der Waals surface area contributed by atoms with E-state index < -0.39 is 17.6 Å². The minimum Gasteiger partial charge on any atom is -0.508 e. The van der Waals surface area contributed by atoms with Crippen LogP contribution in [0.4, 0.5) is 21.9 Å². The molecule has 0 aliphatic rings. The van der Waals surface area contributed by atoms with E-state index in [4.69, 9.17) is 10.5 Å². The number of para-hydroxylation sites is 2. The van der Waals surface area contributed by atoms with Gasteiger partial charge < -0.3 is 20.9 Å². The standard InChI is InChI=1S/C27H28IN3O4/c1-17-8-11-19(12-9-17)30-26(34)35-25(20-16-18(28)10-13-23(20)32)27(2,3)15-14-24(33)31-22-7-5-4-6-21(22)29/h4-16,25,32H,29H2,1-3H3,(H,30,34)(H,31,33)/b15-14+/t25-/m0/s1. The van der Waals surface area contributed by atoms with Crippen LogP contribution in [0.1, 0.15) is 31.1 Å². The largest absolute Gasteiger partial charge is 0.508 e. The van der Waals surface area contributed by atoms with Crippen LogP contribution in [0.25, 0.3) is 0 Å². The monoisotopic (exact) mass is 585 g/mol. The second-order valence-corrected chi connectivity index (χ2v) is 9.96. The van der Waals surface area contributed by atoms with Crippen LogP contribution in [0.3, 0.4) is 0 Å². The molecule has 0 fully saturated rings. The summed E-state index contributed by atoms with van der Waals surface area (Å²) in [6, 6.07) is 19.3. The molecule has 0 spiro atoms. The molecule has 0 aromatic heterocycles. The van der Waals surface area contributed by atoms with Crippen LogP contribution in [-0.2, 0) is 9.53 Å². The lowest BCUT2D eigenvalue weighted by Crippen LogP contribution is -2.28. The first-order valence-corrected chi connectivity index (χ1v) is 12.0. The first-order chi connectivity index (χ1) is 16.5. The van der Waals surface area contributed by atoms with Crippen molar-refractivity contribution in [3.05, 3.63) is 93.6 Å². The lowest BCUT2D eigenvalue weighted by atomic mass is 9.81. The molecule has 0 unspecified atom stereocenters. The van der Waals surface area contributed by atoms with Crippen LogP contribution >= 0.6 is 22.6 Å². The average Bonchev–Trinajstić information content (AvgIpc) is 2.81. The molecule has 0 bridgehead atoms. The molecule has 2 amide bonds. The van der Waals surface area contributed by atoms with Gasteiger partial charge in [-0.25, -0.2) is 4.79 Å². The molecule has 3 rings (SSSR count). The van der Waals surface area contributed by atoms with E-state index in [9.17, 15) is 14.7 Å². The first kappa shape index (κ1) is 26.1. The number of aryl methyl sites for hydroxylation is 1. The first-order valence-electron chi connectivity index (χ1n) is 10.9. The molecule has 5 N–H and O–H groups in total. The van der Waals surface area contributed by atoms with Crippen LogP contribution in [0.2, 0.25) is 0 Å². The van der Waals surface area contributed by atoms with E-state index in [1.807, 2.05) is 32.9 Å². The number of hydrogen-bond donors (Lipinski definition) is 4. The summed E-state index contributed by atoms with van der Waals surface area (Å²) in [5.41, 5.74) is 8.06. The average molecular weight is 585 g/mol. The third kappa shape index (κ3) is 7.22. The summed E-state index contributed by atoms with van der Waals surface area (Å²) in [6.45, 7) is 5.59. The highest BCUT2D eigenvalue weighted by Gasteiger charge is 2.34. The third-order valence-electron chi connectivity index (χ3n) is 5.35. The Kier molecular flexibility index (Phi) is 8.39. The Balaban J connectivity index is 1.85. The number of anilines is 3. The van der Waals surface area contributed by atoms with Gasteiger partial charge in [-0.15, -0.1) is 0 Å². The summed E-state index contributed by atoms with van der Waals surface area (Å²) in [7, 11) is 0. The molecule has 3 aromatic rings. The van der Waals surface area contributed by atoms with Gasteiger partial charge in [0.15, 0.2) is 0 Å². The minimum absolute atomic E-state index is 0.0125. The van der Waals surface area contributed by atoms with Crippen molar-refractivity contribution in [3.63, 3.8) is 0 Å². The van der Waals surface area contributed by atoms with Gasteiger partial charge in [0.1, 0.15) is 11.9 Å². The zero-order valence-corrected chi connectivity index (χ0v) is 21.9. The Morgan fingerprint density at radius 3 is 2.43 bits per heavy atom. The molecular weight excluding hydrogens is 557 g/mol. The highest BCUT2D eigenvalue weighted by Crippen LogP contribution is 2.42. The lowest BCUT2D eigenvalue weighted by molar-refractivity contribution is -0.112. The Labute approximate surface area is 218 Å². The van der Waals surface area contributed by atoms with E-state index in [-0.39, 0.29) is 11.7 Å². The number of halogens is 1. The van der Waals surface area contributed by atoms with Gasteiger partial charge in [-0.1, -0.05) is 49.8 Å². The number of ether oxygens (including phenoxy) is 1. The fourth-order valence-corrected chi connectivity index (χ4v) is 3.92. The molecular formula is C27H28IN3O4. The van der Waals surface area contributed by atoms with Gasteiger partial charge in [0.05, 0.1) is 11.4 Å². The number of rotatable bonds is 7. The van der Waals surface area contributed by atoms with Gasteiger partial charge in [0.2, 0.25) is 5.91 Å². The Bertz CT molecular complexity index is 1240. The molecule has 3 aromatic carbocycles. The van der Waals surface area contributed by atoms with Crippen LogP contribution in [0.5, 0.6) is 5.75 Å². The van der Waals surface area contributed by atoms with Crippen LogP contribution < -0.4 is 16.4 Å². The van der Waals surface area contributed by atoms with Gasteiger partial charge in [-0.2, -0.15) is 0 Å². The Hall–Kier alpha value is -3.53. The molecule has 0 saturated heterocycles. The van der Waals surface area contributed by atoms with Crippen molar-refractivity contribution < 1.29 is 19.4 Å². The number of benzene rings is 3. The van der Waals surface area contributed by atoms with Crippen molar-refractivity contribution in [3.8, 4) is 5.75 Å². The summed E-state index contributed by atoms with van der Waals surface area (Å²) in [6.07, 6.45) is 1.43. The van der Waals surface area contributed by atoms with E-state index in [2.05, 4.69) is 33.2 Å². The molecule has 1 atom stereocenters. The molecule has 0 saturated carbocycles. The number of carbonyl (C=O) groups is 2. The zero-order valence-electron chi connectivity index (χ0n) is 19.7. The smallest absolute Gasteiger partial charge is 0.412 e. The SMILES string of the molecule is Cc1ccc(NC(=O)O[C@@H](c2cc(I)ccc2O)C(C)(C)/C=C/C(=O)Nc2ccccc2N)cc1. The van der Waals surface area contributed by atoms with Crippen molar-refractivity contribution in [1.29, 1.82) is 0 Å². The van der Waals surface area contributed by atoms with Crippen molar-refractivity contribution in [2.24, 2.45) is 5.41 Å². The summed E-state index contributed by atoms with van der Waals surface area (Å²) >= 11 is 2.13. The lowest BCUT2D eigenvalue weighted by Gasteiger charge is -2.32. The molecule has 35 heavy (non-hydrogen) atoms. The predicted octanol–water partition coefficient (Wildman–Crippen LogP) is 6.40. The second kappa shape index (κ2) is 11.3. The quantitative estimate of drug-likeness (QED) is 0.146. The van der Waals surface area contributed by atoms with E-state index in [1.54, 1.807) is 60.7 Å². The molecule has 0 aliphatic carbocycles. The Morgan fingerprint density at radius 2 is 1.74 bits per heavy atom. The Morgan fingerprint density at radius 1 is 1.06 bits per heavy atom. The third-order valence-corrected chi connectivity index (χ3v) is 6.02. The minimum atomic E-state index is -0.895.